The minimum atomic E-state index is 0. The summed E-state index contributed by atoms with van der Waals surface area (Å²) in [5.41, 5.74) is 3.42. The van der Waals surface area contributed by atoms with E-state index in [1.54, 1.807) is 11.5 Å². The van der Waals surface area contributed by atoms with Gasteiger partial charge in [0.15, 0.2) is 0 Å². The van der Waals surface area contributed by atoms with Gasteiger partial charge >= 0.3 is 0 Å². The van der Waals surface area contributed by atoms with Gasteiger partial charge in [0.2, 0.25) is 0 Å². The number of hydrogen-bond donors (Lipinski definition) is 0. The van der Waals surface area contributed by atoms with Gasteiger partial charge in [-0.1, -0.05) is 92.2 Å². The van der Waals surface area contributed by atoms with Crippen LogP contribution in [0.3, 0.4) is 0 Å². The molecule has 0 bridgehead atoms. The molecule has 0 aromatic heterocycles. The second-order valence-electron chi connectivity index (χ2n) is 8.51. The minimum absolute atomic E-state index is 0. The van der Waals surface area contributed by atoms with Crippen LogP contribution in [0.1, 0.15) is 83.1 Å². The van der Waals surface area contributed by atoms with Gasteiger partial charge in [0.25, 0.3) is 0 Å². The Morgan fingerprint density at radius 3 is 1.14 bits per heavy atom. The Hall–Kier alpha value is 0.844. The summed E-state index contributed by atoms with van der Waals surface area (Å²) in [5.74, 6) is 4.87. The van der Waals surface area contributed by atoms with Gasteiger partial charge in [0.1, 0.15) is 0 Å². The quantitative estimate of drug-likeness (QED) is 0.324. The molecule has 1 heteroatoms. The van der Waals surface area contributed by atoms with Crippen LogP contribution in [0.15, 0.2) is 11.1 Å². The fourth-order valence-corrected chi connectivity index (χ4v) is 5.20. The summed E-state index contributed by atoms with van der Waals surface area (Å²) < 4.78 is 0. The first kappa shape index (κ1) is 25.1. The van der Waals surface area contributed by atoms with Crippen LogP contribution in [0.2, 0.25) is 0 Å². The van der Waals surface area contributed by atoms with Gasteiger partial charge in [0, 0.05) is 32.7 Å². The Labute approximate surface area is 167 Å². The maximum absolute atomic E-state index is 2.43. The molecule has 0 saturated heterocycles. The van der Waals surface area contributed by atoms with Gasteiger partial charge in [0.05, 0.1) is 0 Å². The molecule has 0 amide bonds. The van der Waals surface area contributed by atoms with Crippen LogP contribution in [-0.2, 0) is 32.7 Å². The van der Waals surface area contributed by atoms with E-state index in [0.29, 0.717) is 29.6 Å². The topological polar surface area (TPSA) is 0 Å². The maximum Gasteiger partial charge on any atom is 0 e. The zero-order chi connectivity index (χ0) is 17.1. The van der Waals surface area contributed by atoms with Crippen molar-refractivity contribution in [2.24, 2.45) is 35.0 Å². The molecule has 129 valence electrons. The van der Waals surface area contributed by atoms with E-state index in [1.165, 1.54) is 5.57 Å². The third-order valence-corrected chi connectivity index (χ3v) is 5.10. The van der Waals surface area contributed by atoms with Crippen LogP contribution < -0.4 is 0 Å². The first-order valence-electron chi connectivity index (χ1n) is 8.97. The van der Waals surface area contributed by atoms with Crippen molar-refractivity contribution in [2.45, 2.75) is 83.1 Å². The van der Waals surface area contributed by atoms with Crippen molar-refractivity contribution in [3.63, 3.8) is 0 Å². The van der Waals surface area contributed by atoms with Crippen LogP contribution in [0.5, 0.6) is 0 Å². The Kier molecular flexibility index (Phi) is 11.4. The summed E-state index contributed by atoms with van der Waals surface area (Å²) in [4.78, 5) is 0. The van der Waals surface area contributed by atoms with Crippen LogP contribution in [0, 0.1) is 40.9 Å². The molecule has 0 aliphatic heterocycles. The van der Waals surface area contributed by atoms with Gasteiger partial charge in [-0.3, -0.25) is 5.92 Å². The molecule has 22 heavy (non-hydrogen) atoms. The first-order valence-corrected chi connectivity index (χ1v) is 8.97. The largest absolute Gasteiger partial charge is 0.298 e. The summed E-state index contributed by atoms with van der Waals surface area (Å²) in [7, 11) is 0. The van der Waals surface area contributed by atoms with E-state index in [1.807, 2.05) is 0 Å². The van der Waals surface area contributed by atoms with Crippen molar-refractivity contribution in [2.75, 3.05) is 0 Å². The van der Waals surface area contributed by atoms with Crippen molar-refractivity contribution in [1.29, 1.82) is 0 Å². The van der Waals surface area contributed by atoms with Gasteiger partial charge in [-0.05, 0) is 19.8 Å². The molecule has 0 N–H and O–H groups in total. The normalized spacial score (nSPS) is 12.8. The van der Waals surface area contributed by atoms with Crippen LogP contribution in [0.4, 0.5) is 0 Å². The molecule has 0 fully saturated rings. The zero-order valence-electron chi connectivity index (χ0n) is 17.5. The summed E-state index contributed by atoms with van der Waals surface area (Å²) in [5, 5.41) is 0. The van der Waals surface area contributed by atoms with Crippen molar-refractivity contribution in [3.8, 4) is 0 Å². The van der Waals surface area contributed by atoms with E-state index in [4.69, 9.17) is 0 Å². The van der Waals surface area contributed by atoms with E-state index in [0.717, 1.165) is 0 Å². The second-order valence-corrected chi connectivity index (χ2v) is 8.51. The number of rotatable bonds is 7. The molecule has 0 unspecified atom stereocenters. The molecular formula is C21H41Y-. The summed E-state index contributed by atoms with van der Waals surface area (Å²) in [6.45, 7) is 28.6. The summed E-state index contributed by atoms with van der Waals surface area (Å²) in [6.07, 6.45) is 0. The molecule has 0 spiro atoms. The number of allylic oxidation sites excluding steroid dienone is 2. The van der Waals surface area contributed by atoms with Crippen LogP contribution in [0.25, 0.3) is 0 Å². The zero-order valence-corrected chi connectivity index (χ0v) is 20.3. The molecule has 0 aliphatic carbocycles. The minimum Gasteiger partial charge on any atom is -0.298 e. The molecule has 0 heterocycles. The molecular weight excluding hydrogens is 341 g/mol. The maximum atomic E-state index is 2.43. The molecule has 0 nitrogen and oxygen atoms in total. The Bertz CT molecular complexity index is 325. The fraction of sp³-hybridized carbons (Fsp3) is 0.857. The Balaban J connectivity index is 0. The van der Waals surface area contributed by atoms with Crippen molar-refractivity contribution >= 4 is 0 Å². The SMILES string of the molecule is CC(C)=C(C(C)C)C([C-](C(C)C)C(C)C)(C(C)C)C(C)C.[Y]. The molecule has 0 atom stereocenters. The van der Waals surface area contributed by atoms with Crippen molar-refractivity contribution in [3.05, 3.63) is 17.1 Å². The Morgan fingerprint density at radius 2 is 1.00 bits per heavy atom. The van der Waals surface area contributed by atoms with Crippen LogP contribution in [-0.4, -0.2) is 0 Å². The average Bonchev–Trinajstić information content (AvgIpc) is 2.24. The standard InChI is InChI=1S/C21H41.Y/c1-13(2)19(14(3)4)21(17(9)10,18(11)12)20(15(5)6)16(7)8;/h13-15,17-18H,1-12H3;/q-1;. The number of hydrogen-bond acceptors (Lipinski definition) is 0. The van der Waals surface area contributed by atoms with Crippen LogP contribution >= 0.6 is 0 Å². The van der Waals surface area contributed by atoms with E-state index in [-0.39, 0.29) is 38.1 Å². The monoisotopic (exact) mass is 382 g/mol. The van der Waals surface area contributed by atoms with Gasteiger partial charge in [-0.2, -0.15) is 11.8 Å². The van der Waals surface area contributed by atoms with Gasteiger partial charge in [-0.15, -0.1) is 5.41 Å². The molecule has 0 saturated carbocycles. The Morgan fingerprint density at radius 1 is 0.682 bits per heavy atom. The first-order chi connectivity index (χ1) is 9.42. The summed E-state index contributed by atoms with van der Waals surface area (Å²) >= 11 is 0. The predicted molar refractivity (Wildman–Crippen MR) is 98.2 cm³/mol. The average molecular weight is 382 g/mol. The fourth-order valence-electron chi connectivity index (χ4n) is 5.20. The predicted octanol–water partition coefficient (Wildman–Crippen LogP) is 7.16. The van der Waals surface area contributed by atoms with E-state index < -0.39 is 0 Å². The molecule has 0 aromatic carbocycles. The van der Waals surface area contributed by atoms with E-state index >= 15 is 0 Å². The van der Waals surface area contributed by atoms with E-state index in [2.05, 4.69) is 83.1 Å². The molecule has 0 aromatic rings. The molecule has 0 aliphatic rings. The van der Waals surface area contributed by atoms with Gasteiger partial charge in [-0.25, -0.2) is 0 Å². The van der Waals surface area contributed by atoms with Gasteiger partial charge < -0.3 is 0 Å². The second kappa shape index (κ2) is 9.98. The van der Waals surface area contributed by atoms with Crippen molar-refractivity contribution < 1.29 is 32.7 Å². The third kappa shape index (κ3) is 4.92. The molecule has 1 radical (unpaired) electrons. The summed E-state index contributed by atoms with van der Waals surface area (Å²) in [6, 6.07) is 0. The van der Waals surface area contributed by atoms with E-state index in [9.17, 15) is 0 Å². The third-order valence-electron chi connectivity index (χ3n) is 5.10. The smallest absolute Gasteiger partial charge is 0 e. The van der Waals surface area contributed by atoms with Crippen molar-refractivity contribution in [1.82, 2.24) is 0 Å². The molecule has 0 rings (SSSR count).